The summed E-state index contributed by atoms with van der Waals surface area (Å²) in [6, 6.07) is 0. The molecule has 1 atom stereocenters. The van der Waals surface area contributed by atoms with Gasteiger partial charge in [-0.1, -0.05) is 32.1 Å². The zero-order valence-corrected chi connectivity index (χ0v) is 7.96. The van der Waals surface area contributed by atoms with Crippen molar-refractivity contribution < 1.29 is 9.84 Å². The van der Waals surface area contributed by atoms with Gasteiger partial charge in [-0.15, -0.1) is 0 Å². The third kappa shape index (κ3) is 2.76. The lowest BCUT2D eigenvalue weighted by atomic mass is 9.81. The summed E-state index contributed by atoms with van der Waals surface area (Å²) in [7, 11) is 1.71. The predicted octanol–water partition coefficient (Wildman–Crippen LogP) is 1.82. The molecule has 0 aromatic rings. The third-order valence-electron chi connectivity index (χ3n) is 2.93. The minimum absolute atomic E-state index is 0.290. The highest BCUT2D eigenvalue weighted by atomic mass is 16.5. The maximum atomic E-state index is 9.13. The van der Waals surface area contributed by atoms with Crippen LogP contribution >= 0.6 is 0 Å². The molecule has 0 amide bonds. The molecule has 0 aliphatic heterocycles. The molecule has 1 fully saturated rings. The van der Waals surface area contributed by atoms with Crippen molar-refractivity contribution >= 4 is 0 Å². The maximum absolute atomic E-state index is 9.13. The fraction of sp³-hybridized carbons (Fsp3) is 1.00. The fourth-order valence-corrected chi connectivity index (χ4v) is 2.16. The second-order valence-corrected chi connectivity index (χ2v) is 3.80. The fourth-order valence-electron chi connectivity index (χ4n) is 2.16. The van der Waals surface area contributed by atoms with Crippen LogP contribution in [-0.4, -0.2) is 25.4 Å². The largest absolute Gasteiger partial charge is 0.396 e. The third-order valence-corrected chi connectivity index (χ3v) is 2.93. The van der Waals surface area contributed by atoms with Crippen LogP contribution in [-0.2, 0) is 4.74 Å². The zero-order chi connectivity index (χ0) is 8.81. The number of ether oxygens (including phenoxy) is 1. The van der Waals surface area contributed by atoms with E-state index in [-0.39, 0.29) is 0 Å². The van der Waals surface area contributed by atoms with Crippen molar-refractivity contribution in [3.8, 4) is 0 Å². The van der Waals surface area contributed by atoms with E-state index >= 15 is 0 Å². The van der Waals surface area contributed by atoms with E-state index < -0.39 is 0 Å². The molecule has 2 heteroatoms. The van der Waals surface area contributed by atoms with Crippen molar-refractivity contribution in [2.45, 2.75) is 32.1 Å². The molecule has 0 aromatic heterocycles. The van der Waals surface area contributed by atoms with Gasteiger partial charge in [0.1, 0.15) is 0 Å². The summed E-state index contributed by atoms with van der Waals surface area (Å²) in [6.07, 6.45) is 6.63. The standard InChI is InChI=1S/C10H20O2/c1-12-8-10(7-11)9-5-3-2-4-6-9/h9-11H,2-8H2,1H3. The highest BCUT2D eigenvalue weighted by molar-refractivity contribution is 4.73. The Labute approximate surface area is 74.9 Å². The van der Waals surface area contributed by atoms with Crippen LogP contribution in [0.5, 0.6) is 0 Å². The van der Waals surface area contributed by atoms with Crippen molar-refractivity contribution in [3.63, 3.8) is 0 Å². The average molecular weight is 172 g/mol. The van der Waals surface area contributed by atoms with Crippen LogP contribution in [0, 0.1) is 11.8 Å². The van der Waals surface area contributed by atoms with Gasteiger partial charge in [0.25, 0.3) is 0 Å². The number of rotatable bonds is 4. The quantitative estimate of drug-likeness (QED) is 0.701. The first kappa shape index (κ1) is 10.0. The molecule has 12 heavy (non-hydrogen) atoms. The Bertz CT molecular complexity index is 106. The van der Waals surface area contributed by atoms with Gasteiger partial charge in [0, 0.05) is 19.6 Å². The Morgan fingerprint density at radius 1 is 1.33 bits per heavy atom. The summed E-state index contributed by atoms with van der Waals surface area (Å²) in [5, 5.41) is 9.13. The molecule has 1 saturated carbocycles. The molecular formula is C10H20O2. The lowest BCUT2D eigenvalue weighted by molar-refractivity contribution is 0.0623. The highest BCUT2D eigenvalue weighted by Crippen LogP contribution is 2.29. The molecule has 2 nitrogen and oxygen atoms in total. The van der Waals surface area contributed by atoms with Gasteiger partial charge in [-0.25, -0.2) is 0 Å². The van der Waals surface area contributed by atoms with Crippen molar-refractivity contribution in [1.82, 2.24) is 0 Å². The first-order valence-corrected chi connectivity index (χ1v) is 4.98. The summed E-state index contributed by atoms with van der Waals surface area (Å²) < 4.78 is 5.09. The van der Waals surface area contributed by atoms with Gasteiger partial charge in [-0.3, -0.25) is 0 Å². The number of hydrogen-bond donors (Lipinski definition) is 1. The van der Waals surface area contributed by atoms with Crippen LogP contribution in [0.15, 0.2) is 0 Å². The SMILES string of the molecule is COCC(CO)C1CCCCC1. The number of aliphatic hydroxyl groups is 1. The number of hydrogen-bond acceptors (Lipinski definition) is 2. The van der Waals surface area contributed by atoms with Crippen molar-refractivity contribution in [2.24, 2.45) is 11.8 Å². The van der Waals surface area contributed by atoms with Crippen molar-refractivity contribution in [2.75, 3.05) is 20.3 Å². The molecule has 0 spiro atoms. The van der Waals surface area contributed by atoms with Gasteiger partial charge in [-0.2, -0.15) is 0 Å². The Hall–Kier alpha value is -0.0800. The van der Waals surface area contributed by atoms with Gasteiger partial charge in [0.2, 0.25) is 0 Å². The lowest BCUT2D eigenvalue weighted by Gasteiger charge is -2.28. The summed E-state index contributed by atoms with van der Waals surface area (Å²) in [4.78, 5) is 0. The summed E-state index contributed by atoms with van der Waals surface area (Å²) in [5.74, 6) is 1.10. The first-order valence-electron chi connectivity index (χ1n) is 4.98. The van der Waals surface area contributed by atoms with E-state index in [1.54, 1.807) is 7.11 Å². The summed E-state index contributed by atoms with van der Waals surface area (Å²) in [6.45, 7) is 1.01. The van der Waals surface area contributed by atoms with Gasteiger partial charge >= 0.3 is 0 Å². The molecule has 1 aliphatic rings. The van der Waals surface area contributed by atoms with E-state index in [0.29, 0.717) is 18.4 Å². The Morgan fingerprint density at radius 2 is 2.00 bits per heavy atom. The Kier molecular flexibility index (Phi) is 4.62. The summed E-state index contributed by atoms with van der Waals surface area (Å²) in [5.41, 5.74) is 0. The smallest absolute Gasteiger partial charge is 0.0515 e. The lowest BCUT2D eigenvalue weighted by Crippen LogP contribution is -2.25. The van der Waals surface area contributed by atoms with E-state index in [2.05, 4.69) is 0 Å². The minimum Gasteiger partial charge on any atom is -0.396 e. The van der Waals surface area contributed by atoms with Crippen LogP contribution in [0.3, 0.4) is 0 Å². The highest BCUT2D eigenvalue weighted by Gasteiger charge is 2.22. The first-order chi connectivity index (χ1) is 5.88. The molecule has 1 N–H and O–H groups in total. The molecule has 0 bridgehead atoms. The molecule has 0 saturated heterocycles. The number of methoxy groups -OCH3 is 1. The van der Waals surface area contributed by atoms with Crippen molar-refractivity contribution in [3.05, 3.63) is 0 Å². The molecule has 1 rings (SSSR count). The zero-order valence-electron chi connectivity index (χ0n) is 7.96. The van der Waals surface area contributed by atoms with Crippen LogP contribution in [0.2, 0.25) is 0 Å². The van der Waals surface area contributed by atoms with Gasteiger partial charge in [-0.05, 0) is 5.92 Å². The Morgan fingerprint density at radius 3 is 2.50 bits per heavy atom. The van der Waals surface area contributed by atoms with E-state index in [1.807, 2.05) is 0 Å². The molecular weight excluding hydrogens is 152 g/mol. The molecule has 0 heterocycles. The second-order valence-electron chi connectivity index (χ2n) is 3.80. The predicted molar refractivity (Wildman–Crippen MR) is 49.0 cm³/mol. The normalized spacial score (nSPS) is 22.5. The van der Waals surface area contributed by atoms with E-state index in [9.17, 15) is 0 Å². The monoisotopic (exact) mass is 172 g/mol. The van der Waals surface area contributed by atoms with Gasteiger partial charge in [0.15, 0.2) is 0 Å². The van der Waals surface area contributed by atoms with E-state index in [1.165, 1.54) is 32.1 Å². The van der Waals surface area contributed by atoms with Crippen LogP contribution in [0.4, 0.5) is 0 Å². The minimum atomic E-state index is 0.290. The van der Waals surface area contributed by atoms with Crippen LogP contribution in [0.25, 0.3) is 0 Å². The van der Waals surface area contributed by atoms with E-state index in [4.69, 9.17) is 9.84 Å². The van der Waals surface area contributed by atoms with Gasteiger partial charge in [0.05, 0.1) is 6.61 Å². The average Bonchev–Trinajstić information content (AvgIpc) is 2.15. The van der Waals surface area contributed by atoms with Crippen LogP contribution < -0.4 is 0 Å². The maximum Gasteiger partial charge on any atom is 0.0515 e. The molecule has 0 aromatic carbocycles. The second kappa shape index (κ2) is 5.55. The Balaban J connectivity index is 2.29. The van der Waals surface area contributed by atoms with Gasteiger partial charge < -0.3 is 9.84 Å². The molecule has 0 radical (unpaired) electrons. The van der Waals surface area contributed by atoms with Crippen LogP contribution in [0.1, 0.15) is 32.1 Å². The molecule has 72 valence electrons. The summed E-state index contributed by atoms with van der Waals surface area (Å²) >= 11 is 0. The van der Waals surface area contributed by atoms with Crippen molar-refractivity contribution in [1.29, 1.82) is 0 Å². The topological polar surface area (TPSA) is 29.5 Å². The number of aliphatic hydroxyl groups excluding tert-OH is 1. The molecule has 1 unspecified atom stereocenters. The van der Waals surface area contributed by atoms with E-state index in [0.717, 1.165) is 6.61 Å². The molecule has 1 aliphatic carbocycles.